The van der Waals surface area contributed by atoms with Gasteiger partial charge in [-0.1, -0.05) is 11.6 Å². The lowest BCUT2D eigenvalue weighted by atomic mass is 10.2. The lowest BCUT2D eigenvalue weighted by molar-refractivity contribution is 0.102. The fourth-order valence-corrected chi connectivity index (χ4v) is 2.39. The van der Waals surface area contributed by atoms with Gasteiger partial charge >= 0.3 is 0 Å². The summed E-state index contributed by atoms with van der Waals surface area (Å²) in [5.41, 5.74) is 2.37. The molecule has 1 heterocycles. The fraction of sp³-hybridized carbons (Fsp3) is 0.125. The number of hydrogen-bond donors (Lipinski definition) is 1. The number of halogens is 1. The molecule has 0 unspecified atom stereocenters. The summed E-state index contributed by atoms with van der Waals surface area (Å²) in [5, 5.41) is 3.21. The van der Waals surface area contributed by atoms with Crippen molar-refractivity contribution in [3.05, 3.63) is 52.9 Å². The normalized spacial score (nSPS) is 10.7. The lowest BCUT2D eigenvalue weighted by Crippen LogP contribution is -2.11. The summed E-state index contributed by atoms with van der Waals surface area (Å²) in [5.74, 6) is 0.866. The minimum atomic E-state index is -0.253. The number of aromatic nitrogens is 1. The second-order valence-electron chi connectivity index (χ2n) is 4.72. The van der Waals surface area contributed by atoms with Crippen LogP contribution >= 0.6 is 11.6 Å². The number of aryl methyl sites for hydroxylation is 1. The number of amides is 1. The molecule has 1 N–H and O–H groups in total. The van der Waals surface area contributed by atoms with Crippen LogP contribution in [0.2, 0.25) is 5.02 Å². The average molecular weight is 317 g/mol. The van der Waals surface area contributed by atoms with Gasteiger partial charge in [0.05, 0.1) is 12.1 Å². The van der Waals surface area contributed by atoms with Crippen LogP contribution in [-0.4, -0.2) is 18.0 Å². The Balaban J connectivity index is 1.84. The molecule has 0 bridgehead atoms. The van der Waals surface area contributed by atoms with Crippen molar-refractivity contribution in [2.45, 2.75) is 6.92 Å². The topological polar surface area (TPSA) is 64.4 Å². The first-order chi connectivity index (χ1) is 10.6. The summed E-state index contributed by atoms with van der Waals surface area (Å²) in [4.78, 5) is 16.5. The van der Waals surface area contributed by atoms with Gasteiger partial charge in [0.2, 0.25) is 0 Å². The third kappa shape index (κ3) is 2.76. The van der Waals surface area contributed by atoms with Crippen molar-refractivity contribution in [2.75, 3.05) is 12.4 Å². The number of oxazole rings is 1. The Bertz CT molecular complexity index is 858. The molecular formula is C16H13ClN2O3. The van der Waals surface area contributed by atoms with Crippen LogP contribution in [-0.2, 0) is 0 Å². The third-order valence-electron chi connectivity index (χ3n) is 3.17. The third-order valence-corrected chi connectivity index (χ3v) is 3.46. The monoisotopic (exact) mass is 316 g/mol. The molecule has 0 aliphatic carbocycles. The molecule has 112 valence electrons. The molecule has 3 aromatic rings. The highest BCUT2D eigenvalue weighted by molar-refractivity contribution is 6.32. The molecule has 3 rings (SSSR count). The molecule has 1 aromatic heterocycles. The zero-order chi connectivity index (χ0) is 15.7. The Labute approximate surface area is 131 Å². The van der Waals surface area contributed by atoms with Gasteiger partial charge in [0.15, 0.2) is 11.5 Å². The number of nitrogens with zero attached hydrogens (tertiary/aromatic N) is 1. The van der Waals surface area contributed by atoms with Crippen LogP contribution in [0.25, 0.3) is 11.1 Å². The molecular weight excluding hydrogens is 304 g/mol. The van der Waals surface area contributed by atoms with Crippen LogP contribution in [0.5, 0.6) is 5.75 Å². The van der Waals surface area contributed by atoms with E-state index in [2.05, 4.69) is 10.3 Å². The first-order valence-corrected chi connectivity index (χ1v) is 6.96. The van der Waals surface area contributed by atoms with Crippen LogP contribution in [0, 0.1) is 6.92 Å². The lowest BCUT2D eigenvalue weighted by Gasteiger charge is -2.08. The first-order valence-electron chi connectivity index (χ1n) is 6.59. The van der Waals surface area contributed by atoms with Crippen molar-refractivity contribution in [3.63, 3.8) is 0 Å². The Hall–Kier alpha value is -2.53. The van der Waals surface area contributed by atoms with Crippen molar-refractivity contribution in [1.29, 1.82) is 0 Å². The quantitative estimate of drug-likeness (QED) is 0.791. The van der Waals surface area contributed by atoms with E-state index in [9.17, 15) is 4.79 Å². The molecule has 0 aliphatic rings. The zero-order valence-corrected chi connectivity index (χ0v) is 12.8. The largest absolute Gasteiger partial charge is 0.495 e. The second-order valence-corrected chi connectivity index (χ2v) is 5.13. The van der Waals surface area contributed by atoms with Crippen molar-refractivity contribution in [2.24, 2.45) is 0 Å². The van der Waals surface area contributed by atoms with E-state index in [1.807, 2.05) is 0 Å². The van der Waals surface area contributed by atoms with E-state index < -0.39 is 0 Å². The zero-order valence-electron chi connectivity index (χ0n) is 12.0. The Kier molecular flexibility index (Phi) is 3.73. The van der Waals surface area contributed by atoms with Gasteiger partial charge in [-0.3, -0.25) is 4.79 Å². The molecule has 0 saturated carbocycles. The molecule has 0 fully saturated rings. The average Bonchev–Trinajstić information content (AvgIpc) is 2.86. The summed E-state index contributed by atoms with van der Waals surface area (Å²) in [6, 6.07) is 10.2. The molecule has 6 heteroatoms. The van der Waals surface area contributed by atoms with Crippen molar-refractivity contribution in [3.8, 4) is 5.75 Å². The molecule has 1 amide bonds. The van der Waals surface area contributed by atoms with E-state index >= 15 is 0 Å². The second kappa shape index (κ2) is 5.69. The Morgan fingerprint density at radius 3 is 2.82 bits per heavy atom. The summed E-state index contributed by atoms with van der Waals surface area (Å²) in [6.45, 7) is 1.76. The maximum absolute atomic E-state index is 12.3. The van der Waals surface area contributed by atoms with E-state index in [1.54, 1.807) is 43.3 Å². The molecule has 0 aliphatic heterocycles. The highest BCUT2D eigenvalue weighted by Gasteiger charge is 2.11. The van der Waals surface area contributed by atoms with Gasteiger partial charge in [-0.05, 0) is 36.4 Å². The molecule has 0 atom stereocenters. The van der Waals surface area contributed by atoms with Gasteiger partial charge in [0.25, 0.3) is 5.91 Å². The highest BCUT2D eigenvalue weighted by atomic mass is 35.5. The molecule has 5 nitrogen and oxygen atoms in total. The predicted octanol–water partition coefficient (Wildman–Crippen LogP) is 4.05. The Morgan fingerprint density at radius 1 is 1.27 bits per heavy atom. The summed E-state index contributed by atoms with van der Waals surface area (Å²) >= 11 is 6.04. The van der Waals surface area contributed by atoms with Crippen molar-refractivity contribution >= 4 is 34.3 Å². The van der Waals surface area contributed by atoms with Gasteiger partial charge in [0, 0.05) is 18.2 Å². The number of methoxy groups -OCH3 is 1. The molecule has 0 radical (unpaired) electrons. The van der Waals surface area contributed by atoms with Crippen LogP contribution in [0.15, 0.2) is 40.8 Å². The van der Waals surface area contributed by atoms with E-state index in [-0.39, 0.29) is 5.91 Å². The SMILES string of the molecule is COc1ccc(NC(=O)c2ccc3nc(C)oc3c2)cc1Cl. The van der Waals surface area contributed by atoms with Crippen LogP contribution in [0.1, 0.15) is 16.2 Å². The standard InChI is InChI=1S/C16H13ClN2O3/c1-9-18-13-5-3-10(7-15(13)22-9)16(20)19-11-4-6-14(21-2)12(17)8-11/h3-8H,1-2H3,(H,19,20). The number of benzene rings is 2. The number of nitrogens with one attached hydrogen (secondary N) is 1. The maximum Gasteiger partial charge on any atom is 0.255 e. The Morgan fingerprint density at radius 2 is 2.09 bits per heavy atom. The number of hydrogen-bond acceptors (Lipinski definition) is 4. The van der Waals surface area contributed by atoms with Crippen molar-refractivity contribution in [1.82, 2.24) is 4.98 Å². The number of rotatable bonds is 3. The van der Waals surface area contributed by atoms with Gasteiger partial charge in [-0.2, -0.15) is 0 Å². The molecule has 0 saturated heterocycles. The van der Waals surface area contributed by atoms with E-state index in [0.717, 1.165) is 5.52 Å². The van der Waals surface area contributed by atoms with E-state index in [4.69, 9.17) is 20.8 Å². The summed E-state index contributed by atoms with van der Waals surface area (Å²) in [7, 11) is 1.54. The van der Waals surface area contributed by atoms with E-state index in [1.165, 1.54) is 7.11 Å². The minimum Gasteiger partial charge on any atom is -0.495 e. The minimum absolute atomic E-state index is 0.253. The number of ether oxygens (including phenoxy) is 1. The fourth-order valence-electron chi connectivity index (χ4n) is 2.13. The van der Waals surface area contributed by atoms with Crippen LogP contribution in [0.4, 0.5) is 5.69 Å². The predicted molar refractivity (Wildman–Crippen MR) is 84.7 cm³/mol. The summed E-state index contributed by atoms with van der Waals surface area (Å²) in [6.07, 6.45) is 0. The number of carbonyl (C=O) groups excluding carboxylic acids is 1. The van der Waals surface area contributed by atoms with Gasteiger partial charge in [-0.15, -0.1) is 0 Å². The van der Waals surface area contributed by atoms with Gasteiger partial charge in [0.1, 0.15) is 11.3 Å². The number of fused-ring (bicyclic) bond motifs is 1. The van der Waals surface area contributed by atoms with Gasteiger partial charge in [-0.25, -0.2) is 4.98 Å². The number of anilines is 1. The highest BCUT2D eigenvalue weighted by Crippen LogP contribution is 2.27. The first kappa shape index (κ1) is 14.4. The van der Waals surface area contributed by atoms with Crippen LogP contribution in [0.3, 0.4) is 0 Å². The molecule has 2 aromatic carbocycles. The number of carbonyl (C=O) groups is 1. The van der Waals surface area contributed by atoms with Gasteiger partial charge < -0.3 is 14.5 Å². The molecule has 0 spiro atoms. The van der Waals surface area contributed by atoms with E-state index in [0.29, 0.717) is 33.5 Å². The van der Waals surface area contributed by atoms with Crippen LogP contribution < -0.4 is 10.1 Å². The van der Waals surface area contributed by atoms with Crippen molar-refractivity contribution < 1.29 is 13.9 Å². The maximum atomic E-state index is 12.3. The smallest absolute Gasteiger partial charge is 0.255 e. The summed E-state index contributed by atoms with van der Waals surface area (Å²) < 4.78 is 10.5. The molecule has 22 heavy (non-hydrogen) atoms.